The number of hydrogen-bond acceptors (Lipinski definition) is 2. The van der Waals surface area contributed by atoms with Gasteiger partial charge in [-0.3, -0.25) is 0 Å². The molecular weight excluding hydrogens is 210 g/mol. The maximum atomic E-state index is 10.2. The van der Waals surface area contributed by atoms with E-state index in [4.69, 9.17) is 0 Å². The molecule has 0 aromatic carbocycles. The molecule has 0 radical (unpaired) electrons. The van der Waals surface area contributed by atoms with Gasteiger partial charge in [-0.05, 0) is 50.5 Å². The number of aliphatic hydroxyl groups is 1. The molecule has 2 aliphatic carbocycles. The first kappa shape index (κ1) is 13.4. The van der Waals surface area contributed by atoms with Crippen LogP contribution >= 0.6 is 0 Å². The normalized spacial score (nSPS) is 34.4. The lowest BCUT2D eigenvalue weighted by Crippen LogP contribution is -2.42. The van der Waals surface area contributed by atoms with Gasteiger partial charge in [0.2, 0.25) is 0 Å². The Morgan fingerprint density at radius 2 is 1.82 bits per heavy atom. The van der Waals surface area contributed by atoms with Gasteiger partial charge in [0.25, 0.3) is 0 Å². The Balaban J connectivity index is 1.87. The van der Waals surface area contributed by atoms with Crippen molar-refractivity contribution in [3.63, 3.8) is 0 Å². The first-order valence-corrected chi connectivity index (χ1v) is 7.36. The Bertz CT molecular complexity index is 245. The highest BCUT2D eigenvalue weighted by molar-refractivity contribution is 4.87. The van der Waals surface area contributed by atoms with Gasteiger partial charge in [-0.1, -0.05) is 26.7 Å². The third kappa shape index (κ3) is 3.45. The fourth-order valence-electron chi connectivity index (χ4n) is 3.77. The molecule has 0 spiro atoms. The van der Waals surface area contributed by atoms with Gasteiger partial charge >= 0.3 is 0 Å². The molecule has 2 saturated carbocycles. The average Bonchev–Trinajstić information content (AvgIpc) is 2.76. The average molecular weight is 239 g/mol. The van der Waals surface area contributed by atoms with Gasteiger partial charge in [-0.2, -0.15) is 0 Å². The van der Waals surface area contributed by atoms with E-state index in [1.54, 1.807) is 0 Å². The van der Waals surface area contributed by atoms with Gasteiger partial charge in [0.15, 0.2) is 0 Å². The van der Waals surface area contributed by atoms with E-state index >= 15 is 0 Å². The molecule has 0 saturated heterocycles. The molecule has 2 fully saturated rings. The van der Waals surface area contributed by atoms with Crippen molar-refractivity contribution in [2.75, 3.05) is 13.6 Å². The van der Waals surface area contributed by atoms with Crippen molar-refractivity contribution in [3.05, 3.63) is 0 Å². The molecule has 2 atom stereocenters. The molecule has 0 aromatic heterocycles. The molecular formula is C15H29NO. The lowest BCUT2D eigenvalue weighted by molar-refractivity contribution is 0.00246. The summed E-state index contributed by atoms with van der Waals surface area (Å²) in [5.74, 6) is 0.490. The molecule has 2 nitrogen and oxygen atoms in total. The standard InChI is InChI=1S/C15H29NO/c1-15(2)9-8-14(17)12(10-15)11-16(3)13-6-4-5-7-13/h12-14,17H,4-11H2,1-3H3. The second-order valence-corrected chi connectivity index (χ2v) is 7.11. The Kier molecular flexibility index (Phi) is 4.14. The Labute approximate surface area is 106 Å². The molecule has 0 aliphatic heterocycles. The summed E-state index contributed by atoms with van der Waals surface area (Å²) in [6, 6.07) is 0.784. The van der Waals surface area contributed by atoms with Gasteiger partial charge in [-0.15, -0.1) is 0 Å². The van der Waals surface area contributed by atoms with Crippen LogP contribution in [0.5, 0.6) is 0 Å². The summed E-state index contributed by atoms with van der Waals surface area (Å²) in [5.41, 5.74) is 0.431. The van der Waals surface area contributed by atoms with E-state index in [-0.39, 0.29) is 6.10 Å². The molecule has 0 bridgehead atoms. The van der Waals surface area contributed by atoms with Crippen molar-refractivity contribution in [3.8, 4) is 0 Å². The van der Waals surface area contributed by atoms with E-state index in [1.165, 1.54) is 38.5 Å². The lowest BCUT2D eigenvalue weighted by Gasteiger charge is -2.41. The van der Waals surface area contributed by atoms with E-state index in [1.807, 2.05) is 0 Å². The zero-order valence-electron chi connectivity index (χ0n) is 11.8. The van der Waals surface area contributed by atoms with Crippen molar-refractivity contribution in [2.24, 2.45) is 11.3 Å². The quantitative estimate of drug-likeness (QED) is 0.818. The highest BCUT2D eigenvalue weighted by atomic mass is 16.3. The highest BCUT2D eigenvalue weighted by Gasteiger charge is 2.35. The van der Waals surface area contributed by atoms with E-state index < -0.39 is 0 Å². The second kappa shape index (κ2) is 5.27. The van der Waals surface area contributed by atoms with Crippen LogP contribution in [0, 0.1) is 11.3 Å². The van der Waals surface area contributed by atoms with Crippen molar-refractivity contribution >= 4 is 0 Å². The first-order valence-electron chi connectivity index (χ1n) is 7.36. The van der Waals surface area contributed by atoms with Gasteiger partial charge in [0.1, 0.15) is 0 Å². The summed E-state index contributed by atoms with van der Waals surface area (Å²) >= 11 is 0. The third-order valence-corrected chi connectivity index (χ3v) is 4.95. The van der Waals surface area contributed by atoms with Gasteiger partial charge in [-0.25, -0.2) is 0 Å². The van der Waals surface area contributed by atoms with E-state index in [2.05, 4.69) is 25.8 Å². The monoisotopic (exact) mass is 239 g/mol. The van der Waals surface area contributed by atoms with Crippen molar-refractivity contribution in [1.82, 2.24) is 4.90 Å². The SMILES string of the molecule is CN(CC1CC(C)(C)CCC1O)C1CCCC1. The van der Waals surface area contributed by atoms with Crippen LogP contribution in [0.2, 0.25) is 0 Å². The minimum Gasteiger partial charge on any atom is -0.393 e. The molecule has 2 unspecified atom stereocenters. The number of hydrogen-bond donors (Lipinski definition) is 1. The van der Waals surface area contributed by atoms with Crippen molar-refractivity contribution in [1.29, 1.82) is 0 Å². The van der Waals surface area contributed by atoms with Crippen molar-refractivity contribution < 1.29 is 5.11 Å². The van der Waals surface area contributed by atoms with Gasteiger partial charge in [0, 0.05) is 12.6 Å². The fourth-order valence-corrected chi connectivity index (χ4v) is 3.77. The molecule has 17 heavy (non-hydrogen) atoms. The lowest BCUT2D eigenvalue weighted by atomic mass is 9.70. The minimum absolute atomic E-state index is 0.0631. The molecule has 0 aromatic rings. The summed E-state index contributed by atoms with van der Waals surface area (Å²) in [4.78, 5) is 2.52. The molecule has 2 rings (SSSR count). The molecule has 2 heteroatoms. The molecule has 2 aliphatic rings. The molecule has 0 heterocycles. The maximum Gasteiger partial charge on any atom is 0.0581 e. The van der Waals surface area contributed by atoms with Crippen LogP contribution in [0.25, 0.3) is 0 Å². The van der Waals surface area contributed by atoms with E-state index in [0.29, 0.717) is 11.3 Å². The second-order valence-electron chi connectivity index (χ2n) is 7.11. The third-order valence-electron chi connectivity index (χ3n) is 4.95. The Morgan fingerprint density at radius 1 is 1.18 bits per heavy atom. The highest BCUT2D eigenvalue weighted by Crippen LogP contribution is 2.39. The van der Waals surface area contributed by atoms with Crippen LogP contribution in [0.1, 0.15) is 58.8 Å². The Hall–Kier alpha value is -0.0800. The van der Waals surface area contributed by atoms with Gasteiger partial charge in [0.05, 0.1) is 6.10 Å². The number of rotatable bonds is 3. The predicted octanol–water partition coefficient (Wildman–Crippen LogP) is 3.05. The van der Waals surface area contributed by atoms with Crippen LogP contribution in [0.15, 0.2) is 0 Å². The smallest absolute Gasteiger partial charge is 0.0581 e. The summed E-state index contributed by atoms with van der Waals surface area (Å²) in [5, 5.41) is 10.2. The van der Waals surface area contributed by atoms with Crippen LogP contribution in [-0.4, -0.2) is 35.7 Å². The summed E-state index contributed by atoms with van der Waals surface area (Å²) in [7, 11) is 2.25. The van der Waals surface area contributed by atoms with Crippen LogP contribution in [0.4, 0.5) is 0 Å². The number of nitrogens with zero attached hydrogens (tertiary/aromatic N) is 1. The Morgan fingerprint density at radius 3 is 2.47 bits per heavy atom. The summed E-state index contributed by atoms with van der Waals surface area (Å²) < 4.78 is 0. The largest absolute Gasteiger partial charge is 0.393 e. The van der Waals surface area contributed by atoms with Crippen LogP contribution < -0.4 is 0 Å². The minimum atomic E-state index is -0.0631. The number of aliphatic hydroxyl groups excluding tert-OH is 1. The van der Waals surface area contributed by atoms with Gasteiger partial charge < -0.3 is 10.0 Å². The molecule has 0 amide bonds. The van der Waals surface area contributed by atoms with Crippen molar-refractivity contribution in [2.45, 2.75) is 70.9 Å². The maximum absolute atomic E-state index is 10.2. The van der Waals surface area contributed by atoms with Crippen LogP contribution in [-0.2, 0) is 0 Å². The zero-order valence-corrected chi connectivity index (χ0v) is 11.8. The molecule has 100 valence electrons. The summed E-state index contributed by atoms with van der Waals surface area (Å²) in [6.45, 7) is 5.79. The zero-order chi connectivity index (χ0) is 12.5. The van der Waals surface area contributed by atoms with E-state index in [0.717, 1.165) is 19.0 Å². The van der Waals surface area contributed by atoms with E-state index in [9.17, 15) is 5.11 Å². The first-order chi connectivity index (χ1) is 7.98. The predicted molar refractivity (Wildman–Crippen MR) is 72.0 cm³/mol. The topological polar surface area (TPSA) is 23.5 Å². The van der Waals surface area contributed by atoms with Crippen LogP contribution in [0.3, 0.4) is 0 Å². The fraction of sp³-hybridized carbons (Fsp3) is 1.00. The molecule has 1 N–H and O–H groups in total. The summed E-state index contributed by atoms with van der Waals surface area (Å²) in [6.07, 6.45) is 8.82.